The average molecular weight is 364 g/mol. The van der Waals surface area contributed by atoms with E-state index in [-0.39, 0.29) is 23.4 Å². The number of carbonyl (C=O) groups is 2. The highest BCUT2D eigenvalue weighted by molar-refractivity contribution is 8.14. The predicted molar refractivity (Wildman–Crippen MR) is 101 cm³/mol. The van der Waals surface area contributed by atoms with E-state index in [1.807, 2.05) is 54.6 Å². The Balaban J connectivity index is 1.49. The van der Waals surface area contributed by atoms with E-state index in [0.717, 1.165) is 39.5 Å². The van der Waals surface area contributed by atoms with Crippen LogP contribution in [0.4, 0.5) is 4.79 Å². The maximum atomic E-state index is 11.7. The van der Waals surface area contributed by atoms with Gasteiger partial charge in [-0.3, -0.25) is 19.5 Å². The second-order valence-electron chi connectivity index (χ2n) is 6.01. The Morgan fingerprint density at radius 1 is 1.04 bits per heavy atom. The van der Waals surface area contributed by atoms with Crippen molar-refractivity contribution >= 4 is 33.8 Å². The minimum atomic E-state index is -0.195. The number of hydrogen-bond acceptors (Lipinski definition) is 5. The highest BCUT2D eigenvalue weighted by Gasteiger charge is 2.29. The Hall–Kier alpha value is -2.86. The minimum absolute atomic E-state index is 0.148. The molecule has 1 aliphatic rings. The number of hydrogen-bond donors (Lipinski definition) is 0. The molecule has 6 heteroatoms. The average Bonchev–Trinajstić information content (AvgIpc) is 2.99. The SMILES string of the molecule is O=C1CSC(=O)N1Cc1cnc2cc(OCc3ccccc3)ccc2c1. The summed E-state index contributed by atoms with van der Waals surface area (Å²) in [5.74, 6) is 0.828. The van der Waals surface area contributed by atoms with Gasteiger partial charge in [0.2, 0.25) is 5.91 Å². The largest absolute Gasteiger partial charge is 0.489 e. The molecule has 0 saturated carbocycles. The summed E-state index contributed by atoms with van der Waals surface area (Å²) in [4.78, 5) is 29.2. The van der Waals surface area contributed by atoms with E-state index >= 15 is 0 Å². The van der Waals surface area contributed by atoms with Gasteiger partial charge in [-0.2, -0.15) is 0 Å². The van der Waals surface area contributed by atoms with Crippen molar-refractivity contribution in [3.63, 3.8) is 0 Å². The normalized spacial score (nSPS) is 14.2. The number of imide groups is 1. The fraction of sp³-hybridized carbons (Fsp3) is 0.150. The third-order valence-electron chi connectivity index (χ3n) is 4.14. The van der Waals surface area contributed by atoms with E-state index in [1.165, 1.54) is 4.90 Å². The quantitative estimate of drug-likeness (QED) is 0.685. The van der Waals surface area contributed by atoms with E-state index in [0.29, 0.717) is 6.61 Å². The van der Waals surface area contributed by atoms with Gasteiger partial charge in [0.05, 0.1) is 17.8 Å². The molecule has 0 radical (unpaired) electrons. The Morgan fingerprint density at radius 3 is 2.65 bits per heavy atom. The molecule has 2 amide bonds. The maximum absolute atomic E-state index is 11.7. The van der Waals surface area contributed by atoms with Gasteiger partial charge >= 0.3 is 0 Å². The Morgan fingerprint density at radius 2 is 1.88 bits per heavy atom. The van der Waals surface area contributed by atoms with Crippen LogP contribution in [0.3, 0.4) is 0 Å². The number of ether oxygens (including phenoxy) is 1. The van der Waals surface area contributed by atoms with E-state index in [2.05, 4.69) is 4.98 Å². The highest BCUT2D eigenvalue weighted by atomic mass is 32.2. The topological polar surface area (TPSA) is 59.5 Å². The maximum Gasteiger partial charge on any atom is 0.289 e. The molecule has 1 aromatic heterocycles. The van der Waals surface area contributed by atoms with E-state index in [4.69, 9.17) is 4.74 Å². The summed E-state index contributed by atoms with van der Waals surface area (Å²) < 4.78 is 5.83. The van der Waals surface area contributed by atoms with Crippen LogP contribution in [-0.4, -0.2) is 26.8 Å². The van der Waals surface area contributed by atoms with Crippen molar-refractivity contribution in [2.75, 3.05) is 5.75 Å². The zero-order chi connectivity index (χ0) is 17.9. The third-order valence-corrected chi connectivity index (χ3v) is 5.00. The molecule has 4 rings (SSSR count). The van der Waals surface area contributed by atoms with Crippen LogP contribution < -0.4 is 4.74 Å². The molecular weight excluding hydrogens is 348 g/mol. The first-order valence-corrected chi connectivity index (χ1v) is 9.20. The summed E-state index contributed by atoms with van der Waals surface area (Å²) >= 11 is 1.04. The fourth-order valence-corrected chi connectivity index (χ4v) is 3.51. The van der Waals surface area contributed by atoms with Crippen LogP contribution in [0.2, 0.25) is 0 Å². The van der Waals surface area contributed by atoms with Gasteiger partial charge in [-0.15, -0.1) is 0 Å². The van der Waals surface area contributed by atoms with Gasteiger partial charge in [0.1, 0.15) is 12.4 Å². The van der Waals surface area contributed by atoms with E-state index < -0.39 is 0 Å². The van der Waals surface area contributed by atoms with Crippen LogP contribution in [0.1, 0.15) is 11.1 Å². The van der Waals surface area contributed by atoms with Gasteiger partial charge in [-0.25, -0.2) is 0 Å². The fourth-order valence-electron chi connectivity index (χ4n) is 2.78. The first-order valence-electron chi connectivity index (χ1n) is 8.21. The van der Waals surface area contributed by atoms with Crippen LogP contribution >= 0.6 is 11.8 Å². The summed E-state index contributed by atoms with van der Waals surface area (Å²) in [6.07, 6.45) is 1.70. The molecule has 0 spiro atoms. The lowest BCUT2D eigenvalue weighted by atomic mass is 10.1. The van der Waals surface area contributed by atoms with Crippen LogP contribution in [0.15, 0.2) is 60.8 Å². The summed E-state index contributed by atoms with van der Waals surface area (Å²) in [6, 6.07) is 17.7. The summed E-state index contributed by atoms with van der Waals surface area (Å²) in [6.45, 7) is 0.765. The lowest BCUT2D eigenvalue weighted by Crippen LogP contribution is -2.27. The molecule has 3 aromatic rings. The van der Waals surface area contributed by atoms with Crippen LogP contribution in [0.5, 0.6) is 5.75 Å². The number of fused-ring (bicyclic) bond motifs is 1. The van der Waals surface area contributed by atoms with Gasteiger partial charge in [-0.1, -0.05) is 42.1 Å². The third kappa shape index (κ3) is 3.55. The molecule has 2 heterocycles. The van der Waals surface area contributed by atoms with Crippen molar-refractivity contribution < 1.29 is 14.3 Å². The van der Waals surface area contributed by atoms with Crippen molar-refractivity contribution in [3.05, 3.63) is 71.9 Å². The zero-order valence-corrected chi connectivity index (χ0v) is 14.7. The lowest BCUT2D eigenvalue weighted by Gasteiger charge is -2.13. The molecule has 1 fully saturated rings. The Labute approximate surface area is 155 Å². The molecule has 0 N–H and O–H groups in total. The van der Waals surface area contributed by atoms with Gasteiger partial charge in [0.25, 0.3) is 5.24 Å². The Kier molecular flexibility index (Phi) is 4.58. The monoisotopic (exact) mass is 364 g/mol. The molecule has 0 bridgehead atoms. The van der Waals surface area contributed by atoms with E-state index in [1.54, 1.807) is 6.20 Å². The van der Waals surface area contributed by atoms with Crippen molar-refractivity contribution in [3.8, 4) is 5.75 Å². The van der Waals surface area contributed by atoms with Gasteiger partial charge in [-0.05, 0) is 29.3 Å². The standard InChI is InChI=1S/C20H16N2O3S/c23-19-13-26-20(24)22(19)11-15-8-16-6-7-17(9-18(16)21-10-15)25-12-14-4-2-1-3-5-14/h1-10H,11-13H2. The first-order chi connectivity index (χ1) is 12.7. The molecule has 0 atom stereocenters. The molecule has 130 valence electrons. The van der Waals surface area contributed by atoms with Crippen LogP contribution in [0.25, 0.3) is 10.9 Å². The molecule has 1 saturated heterocycles. The van der Waals surface area contributed by atoms with Crippen LogP contribution in [-0.2, 0) is 17.9 Å². The van der Waals surface area contributed by atoms with Crippen LogP contribution in [0, 0.1) is 0 Å². The second kappa shape index (κ2) is 7.17. The summed E-state index contributed by atoms with van der Waals surface area (Å²) in [5, 5.41) is 0.751. The van der Waals surface area contributed by atoms with Gasteiger partial charge in [0, 0.05) is 17.6 Å². The predicted octanol–water partition coefficient (Wildman–Crippen LogP) is 4.01. The number of carbonyl (C=O) groups excluding carboxylic acids is 2. The lowest BCUT2D eigenvalue weighted by molar-refractivity contribution is -0.125. The van der Waals surface area contributed by atoms with Crippen molar-refractivity contribution in [2.24, 2.45) is 0 Å². The Bertz CT molecular complexity index is 959. The summed E-state index contributed by atoms with van der Waals surface area (Å²) in [7, 11) is 0. The molecule has 1 aliphatic heterocycles. The zero-order valence-electron chi connectivity index (χ0n) is 13.9. The second-order valence-corrected chi connectivity index (χ2v) is 6.93. The molecule has 0 unspecified atom stereocenters. The highest BCUT2D eigenvalue weighted by Crippen LogP contribution is 2.24. The smallest absolute Gasteiger partial charge is 0.289 e. The number of rotatable bonds is 5. The molecule has 26 heavy (non-hydrogen) atoms. The molecular formula is C20H16N2O3S. The number of thioether (sulfide) groups is 1. The van der Waals surface area contributed by atoms with Gasteiger partial charge < -0.3 is 4.74 Å². The summed E-state index contributed by atoms with van der Waals surface area (Å²) in [5.41, 5.74) is 2.75. The number of benzene rings is 2. The number of aromatic nitrogens is 1. The molecule has 5 nitrogen and oxygen atoms in total. The molecule has 2 aromatic carbocycles. The number of pyridine rings is 1. The molecule has 0 aliphatic carbocycles. The van der Waals surface area contributed by atoms with E-state index in [9.17, 15) is 9.59 Å². The van der Waals surface area contributed by atoms with Crippen molar-refractivity contribution in [1.82, 2.24) is 9.88 Å². The van der Waals surface area contributed by atoms with Crippen molar-refractivity contribution in [1.29, 1.82) is 0 Å². The van der Waals surface area contributed by atoms with Gasteiger partial charge in [0.15, 0.2) is 0 Å². The first kappa shape index (κ1) is 16.6. The van der Waals surface area contributed by atoms with Crippen molar-refractivity contribution in [2.45, 2.75) is 13.2 Å². The number of amides is 2. The minimum Gasteiger partial charge on any atom is -0.489 e. The number of nitrogens with zero attached hydrogens (tertiary/aromatic N) is 2.